The second kappa shape index (κ2) is 7.15. The zero-order valence-corrected chi connectivity index (χ0v) is 11.6. The summed E-state index contributed by atoms with van der Waals surface area (Å²) in [5, 5.41) is 9.18. The number of rotatable bonds is 3. The molecule has 1 radical (unpaired) electrons. The average Bonchev–Trinajstić information content (AvgIpc) is 1.99. The van der Waals surface area contributed by atoms with Crippen LogP contribution < -0.4 is 5.73 Å². The molecule has 2 nitrogen and oxygen atoms in total. The predicted molar refractivity (Wildman–Crippen MR) is 46.0 cm³/mol. The Balaban J connectivity index is -0.000000605. The van der Waals surface area contributed by atoms with Crippen molar-refractivity contribution < 1.29 is 51.0 Å². The van der Waals surface area contributed by atoms with E-state index in [1.54, 1.807) is 0 Å². The summed E-state index contributed by atoms with van der Waals surface area (Å²) < 4.78 is 36.6. The topological polar surface area (TPSA) is 46.2 Å². The van der Waals surface area contributed by atoms with E-state index in [1.807, 2.05) is 0 Å². The van der Waals surface area contributed by atoms with Crippen LogP contribution in [-0.4, -0.2) is 22.9 Å². The molecule has 0 bridgehead atoms. The van der Waals surface area contributed by atoms with Gasteiger partial charge >= 0.3 is 6.18 Å². The van der Waals surface area contributed by atoms with Crippen molar-refractivity contribution in [3.63, 3.8) is 0 Å². The first kappa shape index (κ1) is 20.3. The van der Waals surface area contributed by atoms with Crippen LogP contribution in [0.15, 0.2) is 0 Å². The van der Waals surface area contributed by atoms with E-state index in [4.69, 9.17) is 5.73 Å². The van der Waals surface area contributed by atoms with Gasteiger partial charge in [-0.1, -0.05) is 13.8 Å². The molecule has 0 aromatic heterocycles. The molecule has 0 aliphatic carbocycles. The molecule has 0 spiro atoms. The first-order valence-electron chi connectivity index (χ1n) is 3.84. The van der Waals surface area contributed by atoms with Crippen LogP contribution in [0.3, 0.4) is 0 Å². The molecule has 3 N–H and O–H groups in total. The summed E-state index contributed by atoms with van der Waals surface area (Å²) in [5.41, 5.74) is 2.44. The average molecular weight is 289 g/mol. The van der Waals surface area contributed by atoms with Crippen molar-refractivity contribution in [1.29, 1.82) is 0 Å². The van der Waals surface area contributed by atoms with Gasteiger partial charge in [-0.3, -0.25) is 0 Å². The minimum Gasteiger partial charge on any atom is -0.379 e. The minimum atomic E-state index is -4.64. The van der Waals surface area contributed by atoms with Crippen molar-refractivity contribution in [3.8, 4) is 0 Å². The van der Waals surface area contributed by atoms with Crippen molar-refractivity contribution >= 4 is 0 Å². The number of nitrogens with two attached hydrogens (primary N) is 1. The van der Waals surface area contributed by atoms with Crippen molar-refractivity contribution in [2.75, 3.05) is 0 Å². The van der Waals surface area contributed by atoms with Gasteiger partial charge in [0, 0.05) is 38.8 Å². The number of hydrogen-bond donors (Lipinski definition) is 2. The maximum Gasteiger partial charge on any atom is 0.418 e. The minimum absolute atomic E-state index is 0. The Morgan fingerprint density at radius 2 is 1.64 bits per heavy atom. The van der Waals surface area contributed by atoms with E-state index in [1.165, 1.54) is 13.8 Å². The van der Waals surface area contributed by atoms with E-state index in [0.29, 0.717) is 0 Å². The molecule has 6 heteroatoms. The van der Waals surface area contributed by atoms with E-state index in [2.05, 4.69) is 0 Å². The first-order chi connectivity index (χ1) is 5.29. The number of alkyl halides is 3. The summed E-state index contributed by atoms with van der Waals surface area (Å²) in [6.07, 6.45) is -4.95. The zero-order valence-electron chi connectivity index (χ0n) is 8.73. The fourth-order valence-corrected chi connectivity index (χ4v) is 1.01. The maximum absolute atomic E-state index is 12.2. The molecule has 0 aromatic carbocycles. The van der Waals surface area contributed by atoms with Gasteiger partial charge in [-0.25, -0.2) is 0 Å². The van der Waals surface area contributed by atoms with E-state index in [9.17, 15) is 18.3 Å². The molecule has 2 atom stereocenters. The van der Waals surface area contributed by atoms with Crippen LogP contribution in [0.5, 0.6) is 0 Å². The standard InChI is InChI=1S/C7H14F3NO.CH3.Y/c1-3-5(11)6(12,4-2)7(8,9)10;;/h5,12H,3-4,11H2,1-2H3;1H3;/q;-1;. The van der Waals surface area contributed by atoms with Crippen LogP contribution in [-0.2, 0) is 32.7 Å². The summed E-state index contributed by atoms with van der Waals surface area (Å²) in [5.74, 6) is 0. The van der Waals surface area contributed by atoms with Gasteiger partial charge in [0.1, 0.15) is 0 Å². The summed E-state index contributed by atoms with van der Waals surface area (Å²) in [6, 6.07) is -1.25. The molecule has 0 aliphatic rings. The Morgan fingerprint density at radius 3 is 1.71 bits per heavy atom. The molecule has 85 valence electrons. The Hall–Kier alpha value is 0.814. The molecular weight excluding hydrogens is 272 g/mol. The largest absolute Gasteiger partial charge is 0.418 e. The van der Waals surface area contributed by atoms with Crippen molar-refractivity contribution in [3.05, 3.63) is 7.43 Å². The van der Waals surface area contributed by atoms with Gasteiger partial charge in [-0.05, 0) is 12.8 Å². The van der Waals surface area contributed by atoms with Crippen LogP contribution in [0, 0.1) is 7.43 Å². The van der Waals surface area contributed by atoms with Crippen LogP contribution >= 0.6 is 0 Å². The molecule has 14 heavy (non-hydrogen) atoms. The van der Waals surface area contributed by atoms with Crippen LogP contribution in [0.25, 0.3) is 0 Å². The first-order valence-corrected chi connectivity index (χ1v) is 3.84. The summed E-state index contributed by atoms with van der Waals surface area (Å²) >= 11 is 0. The van der Waals surface area contributed by atoms with Gasteiger partial charge in [0.05, 0.1) is 0 Å². The Bertz CT molecular complexity index is 154. The summed E-state index contributed by atoms with van der Waals surface area (Å²) in [7, 11) is 0. The monoisotopic (exact) mass is 289 g/mol. The molecule has 0 rings (SSSR count). The molecule has 0 aliphatic heterocycles. The van der Waals surface area contributed by atoms with Crippen LogP contribution in [0.4, 0.5) is 13.2 Å². The number of aliphatic hydroxyl groups is 1. The van der Waals surface area contributed by atoms with E-state index >= 15 is 0 Å². The van der Waals surface area contributed by atoms with E-state index in [-0.39, 0.29) is 46.6 Å². The molecule has 0 saturated heterocycles. The van der Waals surface area contributed by atoms with E-state index in [0.717, 1.165) is 0 Å². The second-order valence-electron chi connectivity index (χ2n) is 2.79. The zero-order chi connectivity index (χ0) is 9.99. The second-order valence-corrected chi connectivity index (χ2v) is 2.79. The van der Waals surface area contributed by atoms with Crippen LogP contribution in [0.2, 0.25) is 0 Å². The van der Waals surface area contributed by atoms with Crippen molar-refractivity contribution in [2.45, 2.75) is 44.5 Å². The molecule has 0 aromatic rings. The van der Waals surface area contributed by atoms with Gasteiger partial charge in [0.15, 0.2) is 5.60 Å². The predicted octanol–water partition coefficient (Wildman–Crippen LogP) is 1.87. The quantitative estimate of drug-likeness (QED) is 0.779. The Labute approximate surface area is 108 Å². The SMILES string of the molecule is CCC(N)C(O)(CC)C(F)(F)F.[CH3-].[Y]. The fraction of sp³-hybridized carbons (Fsp3) is 0.875. The summed E-state index contributed by atoms with van der Waals surface area (Å²) in [4.78, 5) is 0. The Kier molecular flexibility index (Phi) is 10.3. The van der Waals surface area contributed by atoms with Crippen molar-refractivity contribution in [1.82, 2.24) is 0 Å². The van der Waals surface area contributed by atoms with Gasteiger partial charge in [0.25, 0.3) is 0 Å². The number of hydrogen-bond acceptors (Lipinski definition) is 2. The van der Waals surface area contributed by atoms with Gasteiger partial charge in [0.2, 0.25) is 0 Å². The molecule has 0 saturated carbocycles. The normalized spacial score (nSPS) is 17.4. The maximum atomic E-state index is 12.2. The molecule has 0 heterocycles. The third-order valence-corrected chi connectivity index (χ3v) is 2.08. The number of halogens is 3. The smallest absolute Gasteiger partial charge is 0.379 e. The third-order valence-electron chi connectivity index (χ3n) is 2.08. The van der Waals surface area contributed by atoms with Gasteiger partial charge in [-0.2, -0.15) is 13.2 Å². The fourth-order valence-electron chi connectivity index (χ4n) is 1.01. The molecule has 0 fully saturated rings. The van der Waals surface area contributed by atoms with Gasteiger partial charge < -0.3 is 18.3 Å². The van der Waals surface area contributed by atoms with Crippen LogP contribution in [0.1, 0.15) is 26.7 Å². The Morgan fingerprint density at radius 1 is 1.29 bits per heavy atom. The van der Waals surface area contributed by atoms with Gasteiger partial charge in [-0.15, -0.1) is 0 Å². The summed E-state index contributed by atoms with van der Waals surface area (Å²) in [6.45, 7) is 2.78. The molecule has 0 amide bonds. The van der Waals surface area contributed by atoms with Crippen molar-refractivity contribution in [2.24, 2.45) is 5.73 Å². The molecular formula is C8H17F3NOY-. The molecule has 2 unspecified atom stereocenters. The third kappa shape index (κ3) is 4.13. The van der Waals surface area contributed by atoms with E-state index < -0.39 is 24.2 Å².